The molecule has 2 nitrogen and oxygen atoms in total. The van der Waals surface area contributed by atoms with Gasteiger partial charge in [0.25, 0.3) is 0 Å². The van der Waals surface area contributed by atoms with Crippen molar-refractivity contribution in [2.45, 2.75) is 64.0 Å². The number of nitrogens with one attached hydrogen (secondary N) is 1. The number of hydrogen-bond donors (Lipinski definition) is 1. The lowest BCUT2D eigenvalue weighted by atomic mass is 9.89. The third-order valence-electron chi connectivity index (χ3n) is 6.04. The van der Waals surface area contributed by atoms with E-state index in [4.69, 9.17) is 0 Å². The van der Waals surface area contributed by atoms with Crippen LogP contribution in [0.2, 0.25) is 0 Å². The van der Waals surface area contributed by atoms with Gasteiger partial charge in [-0.1, -0.05) is 13.0 Å². The van der Waals surface area contributed by atoms with Crippen molar-refractivity contribution in [1.29, 1.82) is 0 Å². The normalized spacial score (nSPS) is 32.3. The minimum atomic E-state index is 0.324. The van der Waals surface area contributed by atoms with E-state index < -0.39 is 0 Å². The number of anilines is 1. The number of piperazine rings is 1. The zero-order valence-corrected chi connectivity index (χ0v) is 13.5. The Morgan fingerprint density at radius 1 is 1.24 bits per heavy atom. The number of rotatable bonds is 3. The number of aryl methyl sites for hydroxylation is 2. The Labute approximate surface area is 128 Å². The maximum absolute atomic E-state index is 3.87. The summed E-state index contributed by atoms with van der Waals surface area (Å²) >= 11 is 0. The highest BCUT2D eigenvalue weighted by atomic mass is 15.3. The number of hydrogen-bond acceptors (Lipinski definition) is 2. The molecule has 1 saturated heterocycles. The zero-order chi connectivity index (χ0) is 14.4. The molecular weight excluding hydrogens is 256 g/mol. The van der Waals surface area contributed by atoms with E-state index in [1.54, 1.807) is 11.1 Å². The van der Waals surface area contributed by atoms with Crippen molar-refractivity contribution in [3.63, 3.8) is 0 Å². The molecule has 2 heteroatoms. The Morgan fingerprint density at radius 3 is 2.81 bits per heavy atom. The first-order valence-electron chi connectivity index (χ1n) is 8.83. The lowest BCUT2D eigenvalue weighted by Gasteiger charge is -2.48. The maximum Gasteiger partial charge on any atom is 0.0412 e. The molecule has 114 valence electrons. The van der Waals surface area contributed by atoms with E-state index in [0.29, 0.717) is 11.6 Å². The van der Waals surface area contributed by atoms with Crippen molar-refractivity contribution in [1.82, 2.24) is 5.32 Å². The molecule has 0 radical (unpaired) electrons. The van der Waals surface area contributed by atoms with E-state index >= 15 is 0 Å². The molecule has 1 aromatic rings. The van der Waals surface area contributed by atoms with Gasteiger partial charge in [0.2, 0.25) is 0 Å². The predicted molar refractivity (Wildman–Crippen MR) is 89.0 cm³/mol. The molecule has 0 amide bonds. The van der Waals surface area contributed by atoms with E-state index in [1.807, 2.05) is 0 Å². The molecule has 1 aromatic carbocycles. The van der Waals surface area contributed by atoms with Crippen molar-refractivity contribution >= 4 is 5.69 Å². The Morgan fingerprint density at radius 2 is 2.05 bits per heavy atom. The van der Waals surface area contributed by atoms with Crippen molar-refractivity contribution in [2.75, 3.05) is 18.0 Å². The van der Waals surface area contributed by atoms with Gasteiger partial charge in [-0.25, -0.2) is 0 Å². The van der Waals surface area contributed by atoms with E-state index in [1.165, 1.54) is 50.8 Å². The molecule has 0 bridgehead atoms. The van der Waals surface area contributed by atoms with Gasteiger partial charge in [0, 0.05) is 30.4 Å². The number of nitrogens with zero attached hydrogens (tertiary/aromatic N) is 1. The molecule has 3 aliphatic rings. The quantitative estimate of drug-likeness (QED) is 0.913. The molecule has 2 atom stereocenters. The second kappa shape index (κ2) is 5.01. The van der Waals surface area contributed by atoms with Crippen molar-refractivity contribution in [2.24, 2.45) is 5.92 Å². The second-order valence-electron chi connectivity index (χ2n) is 7.57. The molecule has 1 N–H and O–H groups in total. The van der Waals surface area contributed by atoms with Gasteiger partial charge in [-0.2, -0.15) is 0 Å². The Hall–Kier alpha value is -1.02. The van der Waals surface area contributed by atoms with Crippen LogP contribution in [0, 0.1) is 5.92 Å². The van der Waals surface area contributed by atoms with Crippen LogP contribution >= 0.6 is 0 Å². The number of fused-ring (bicyclic) bond motifs is 1. The van der Waals surface area contributed by atoms with Gasteiger partial charge in [-0.3, -0.25) is 0 Å². The van der Waals surface area contributed by atoms with Crippen LogP contribution in [0.1, 0.15) is 50.7 Å². The summed E-state index contributed by atoms with van der Waals surface area (Å²) < 4.78 is 0. The van der Waals surface area contributed by atoms with Crippen LogP contribution in [-0.2, 0) is 12.8 Å². The molecule has 1 aliphatic heterocycles. The molecule has 1 saturated carbocycles. The first kappa shape index (κ1) is 13.6. The van der Waals surface area contributed by atoms with Gasteiger partial charge in [-0.15, -0.1) is 0 Å². The third kappa shape index (κ3) is 2.38. The summed E-state index contributed by atoms with van der Waals surface area (Å²) in [5.41, 5.74) is 4.99. The Balaban J connectivity index is 1.63. The van der Waals surface area contributed by atoms with Crippen molar-refractivity contribution < 1.29 is 0 Å². The van der Waals surface area contributed by atoms with E-state index in [9.17, 15) is 0 Å². The van der Waals surface area contributed by atoms with E-state index in [-0.39, 0.29) is 0 Å². The maximum atomic E-state index is 3.87. The largest absolute Gasteiger partial charge is 0.365 e. The molecule has 1 heterocycles. The monoisotopic (exact) mass is 284 g/mol. The molecule has 4 rings (SSSR count). The molecule has 2 unspecified atom stereocenters. The van der Waals surface area contributed by atoms with Crippen LogP contribution in [0.15, 0.2) is 18.2 Å². The van der Waals surface area contributed by atoms with Gasteiger partial charge in [0.05, 0.1) is 0 Å². The molecule has 0 aromatic heterocycles. The fourth-order valence-corrected chi connectivity index (χ4v) is 4.40. The van der Waals surface area contributed by atoms with Crippen LogP contribution in [0.5, 0.6) is 0 Å². The van der Waals surface area contributed by atoms with Crippen molar-refractivity contribution in [3.8, 4) is 0 Å². The number of benzene rings is 1. The predicted octanol–water partition coefficient (Wildman–Crippen LogP) is 3.53. The van der Waals surface area contributed by atoms with Gasteiger partial charge < -0.3 is 10.2 Å². The van der Waals surface area contributed by atoms with Crippen LogP contribution in [0.25, 0.3) is 0 Å². The average Bonchev–Trinajstić information content (AvgIpc) is 3.26. The summed E-state index contributed by atoms with van der Waals surface area (Å²) in [6.45, 7) is 7.08. The smallest absolute Gasteiger partial charge is 0.0412 e. The Bertz CT molecular complexity index is 534. The summed E-state index contributed by atoms with van der Waals surface area (Å²) in [6, 6.07) is 7.91. The minimum Gasteiger partial charge on any atom is -0.365 e. The molecule has 2 fully saturated rings. The third-order valence-corrected chi connectivity index (χ3v) is 6.04. The fourth-order valence-electron chi connectivity index (χ4n) is 4.40. The second-order valence-corrected chi connectivity index (χ2v) is 7.57. The first-order valence-corrected chi connectivity index (χ1v) is 8.83. The van der Waals surface area contributed by atoms with Crippen LogP contribution in [-0.4, -0.2) is 24.7 Å². The summed E-state index contributed by atoms with van der Waals surface area (Å²) in [5.74, 6) is 0.896. The van der Waals surface area contributed by atoms with Crippen molar-refractivity contribution in [3.05, 3.63) is 29.3 Å². The standard InChI is InChI=1S/C19H28N2/c1-3-17-12-20-19(2,16-8-9-16)13-21(17)18-10-7-14-5-4-6-15(14)11-18/h7,10-11,16-17,20H,3-6,8-9,12-13H2,1-2H3. The van der Waals surface area contributed by atoms with E-state index in [0.717, 1.165) is 12.5 Å². The Kier molecular flexibility index (Phi) is 3.25. The highest BCUT2D eigenvalue weighted by Crippen LogP contribution is 2.42. The summed E-state index contributed by atoms with van der Waals surface area (Å²) in [4.78, 5) is 2.70. The first-order chi connectivity index (χ1) is 10.2. The lowest BCUT2D eigenvalue weighted by Crippen LogP contribution is -2.64. The summed E-state index contributed by atoms with van der Waals surface area (Å²) in [6.07, 6.45) is 7.97. The summed E-state index contributed by atoms with van der Waals surface area (Å²) in [5, 5.41) is 3.87. The molecule has 2 aliphatic carbocycles. The topological polar surface area (TPSA) is 15.3 Å². The lowest BCUT2D eigenvalue weighted by molar-refractivity contribution is 0.252. The SMILES string of the molecule is CCC1CNC(C)(C2CC2)CN1c1ccc2c(c1)CCC2. The van der Waals surface area contributed by atoms with Gasteiger partial charge >= 0.3 is 0 Å². The van der Waals surface area contributed by atoms with E-state index in [2.05, 4.69) is 42.3 Å². The highest BCUT2D eigenvalue weighted by molar-refractivity contribution is 5.54. The van der Waals surface area contributed by atoms with Gasteiger partial charge in [0.1, 0.15) is 0 Å². The fraction of sp³-hybridized carbons (Fsp3) is 0.684. The van der Waals surface area contributed by atoms with Crippen LogP contribution in [0.3, 0.4) is 0 Å². The van der Waals surface area contributed by atoms with Crippen LogP contribution < -0.4 is 10.2 Å². The summed E-state index contributed by atoms with van der Waals surface area (Å²) in [7, 11) is 0. The highest BCUT2D eigenvalue weighted by Gasteiger charge is 2.45. The molecular formula is C19H28N2. The average molecular weight is 284 g/mol. The van der Waals surface area contributed by atoms with Gasteiger partial charge in [0.15, 0.2) is 0 Å². The van der Waals surface area contributed by atoms with Gasteiger partial charge in [-0.05, 0) is 74.6 Å². The zero-order valence-electron chi connectivity index (χ0n) is 13.5. The van der Waals surface area contributed by atoms with Crippen LogP contribution in [0.4, 0.5) is 5.69 Å². The minimum absolute atomic E-state index is 0.324. The molecule has 0 spiro atoms. The molecule has 21 heavy (non-hydrogen) atoms.